The number of methoxy groups -OCH3 is 1. The highest BCUT2D eigenvalue weighted by atomic mass is 32.2. The van der Waals surface area contributed by atoms with E-state index in [-0.39, 0.29) is 10.8 Å². The number of esters is 1. The minimum absolute atomic E-state index is 0.0995. The molecule has 0 heterocycles. The largest absolute Gasteiger partial charge is 0.465 e. The Morgan fingerprint density at radius 2 is 1.69 bits per heavy atom. The zero-order chi connectivity index (χ0) is 21.8. The Morgan fingerprint density at radius 3 is 2.24 bits per heavy atom. The Hall–Kier alpha value is -2.91. The lowest BCUT2D eigenvalue weighted by Crippen LogP contribution is -2.32. The second-order valence-electron chi connectivity index (χ2n) is 6.69. The highest BCUT2D eigenvalue weighted by Gasteiger charge is 2.20. The lowest BCUT2D eigenvalue weighted by molar-refractivity contribution is -0.116. The van der Waals surface area contributed by atoms with E-state index >= 15 is 0 Å². The normalized spacial score (nSPS) is 12.3. The summed E-state index contributed by atoms with van der Waals surface area (Å²) in [4.78, 5) is 24.2. The first-order valence-electron chi connectivity index (χ1n) is 8.85. The number of benzene rings is 2. The molecular formula is C20H25N3O5S. The number of hydrogen-bond donors (Lipinski definition) is 2. The van der Waals surface area contributed by atoms with Crippen LogP contribution in [0.1, 0.15) is 22.8 Å². The minimum Gasteiger partial charge on any atom is -0.465 e. The topological polar surface area (TPSA) is 105 Å². The van der Waals surface area contributed by atoms with Crippen LogP contribution in [0.5, 0.6) is 0 Å². The Bertz CT molecular complexity index is 1000. The predicted molar refractivity (Wildman–Crippen MR) is 112 cm³/mol. The number of rotatable bonds is 7. The molecule has 0 radical (unpaired) electrons. The number of aryl methyl sites for hydroxylation is 1. The van der Waals surface area contributed by atoms with Crippen molar-refractivity contribution in [2.24, 2.45) is 0 Å². The number of carbonyl (C=O) groups is 2. The third-order valence-electron chi connectivity index (χ3n) is 4.33. The van der Waals surface area contributed by atoms with Crippen LogP contribution in [-0.2, 0) is 19.6 Å². The molecule has 0 saturated carbocycles. The van der Waals surface area contributed by atoms with E-state index in [1.54, 1.807) is 44.2 Å². The molecule has 0 unspecified atom stereocenters. The van der Waals surface area contributed by atoms with Gasteiger partial charge in [0.05, 0.1) is 17.6 Å². The summed E-state index contributed by atoms with van der Waals surface area (Å²) in [5.74, 6) is -0.769. The van der Waals surface area contributed by atoms with E-state index in [9.17, 15) is 18.0 Å². The van der Waals surface area contributed by atoms with E-state index < -0.39 is 22.0 Å². The van der Waals surface area contributed by atoms with Crippen LogP contribution < -0.4 is 10.6 Å². The molecule has 2 N–H and O–H groups in total. The summed E-state index contributed by atoms with van der Waals surface area (Å²) in [7, 11) is 0.600. The molecule has 0 fully saturated rings. The van der Waals surface area contributed by atoms with Crippen molar-refractivity contribution in [3.63, 3.8) is 0 Å². The molecule has 156 valence electrons. The van der Waals surface area contributed by atoms with Crippen LogP contribution in [0.25, 0.3) is 0 Å². The lowest BCUT2D eigenvalue weighted by Gasteiger charge is -2.18. The quantitative estimate of drug-likeness (QED) is 0.668. The third kappa shape index (κ3) is 5.33. The number of carbonyl (C=O) groups excluding carboxylic acids is 2. The standard InChI is InChI=1S/C20H25N3O5S/c1-13-6-11-17(29(26,27)23(3)4)12-18(13)22-19(24)14(2)21-16-9-7-15(8-10-16)20(25)28-5/h6-12,14,21H,1-5H3,(H,22,24)/t14-/m0/s1. The van der Waals surface area contributed by atoms with Gasteiger partial charge in [-0.25, -0.2) is 17.5 Å². The van der Waals surface area contributed by atoms with Crippen LogP contribution in [0, 0.1) is 6.92 Å². The van der Waals surface area contributed by atoms with Gasteiger partial charge in [-0.15, -0.1) is 0 Å². The number of ether oxygens (including phenoxy) is 1. The zero-order valence-electron chi connectivity index (χ0n) is 17.0. The van der Waals surface area contributed by atoms with Gasteiger partial charge in [0.25, 0.3) is 0 Å². The number of nitrogens with zero attached hydrogens (tertiary/aromatic N) is 1. The first-order valence-corrected chi connectivity index (χ1v) is 10.3. The van der Waals surface area contributed by atoms with E-state index in [1.807, 2.05) is 0 Å². The van der Waals surface area contributed by atoms with Gasteiger partial charge in [-0.1, -0.05) is 6.07 Å². The van der Waals surface area contributed by atoms with E-state index in [1.165, 1.54) is 33.3 Å². The molecule has 8 nitrogen and oxygen atoms in total. The highest BCUT2D eigenvalue weighted by molar-refractivity contribution is 7.89. The molecule has 0 saturated heterocycles. The number of sulfonamides is 1. The first-order chi connectivity index (χ1) is 13.6. The minimum atomic E-state index is -3.61. The Balaban J connectivity index is 2.12. The van der Waals surface area contributed by atoms with Crippen molar-refractivity contribution in [3.05, 3.63) is 53.6 Å². The molecule has 2 rings (SSSR count). The molecule has 0 aliphatic rings. The number of anilines is 2. The molecule has 0 spiro atoms. The van der Waals surface area contributed by atoms with E-state index in [4.69, 9.17) is 0 Å². The molecule has 2 aromatic rings. The average molecular weight is 420 g/mol. The summed E-state index contributed by atoms with van der Waals surface area (Å²) < 4.78 is 30.4. The van der Waals surface area contributed by atoms with Gasteiger partial charge in [-0.2, -0.15) is 0 Å². The Labute approximate surface area is 170 Å². The molecule has 1 amide bonds. The second-order valence-corrected chi connectivity index (χ2v) is 8.84. The summed E-state index contributed by atoms with van der Waals surface area (Å²) in [6.07, 6.45) is 0. The summed E-state index contributed by atoms with van der Waals surface area (Å²) in [6, 6.07) is 10.5. The number of hydrogen-bond acceptors (Lipinski definition) is 6. The molecule has 29 heavy (non-hydrogen) atoms. The molecule has 1 atom stereocenters. The zero-order valence-corrected chi connectivity index (χ0v) is 17.8. The highest BCUT2D eigenvalue weighted by Crippen LogP contribution is 2.22. The molecular weight excluding hydrogens is 394 g/mol. The molecule has 0 aliphatic carbocycles. The van der Waals surface area contributed by atoms with Crippen molar-refractivity contribution < 1.29 is 22.7 Å². The van der Waals surface area contributed by atoms with E-state index in [0.29, 0.717) is 16.9 Å². The van der Waals surface area contributed by atoms with Crippen LogP contribution >= 0.6 is 0 Å². The maximum Gasteiger partial charge on any atom is 0.337 e. The van der Waals surface area contributed by atoms with Crippen LogP contribution in [0.15, 0.2) is 47.4 Å². The summed E-state index contributed by atoms with van der Waals surface area (Å²) in [6.45, 7) is 3.46. The molecule has 0 bridgehead atoms. The third-order valence-corrected chi connectivity index (χ3v) is 6.14. The number of amides is 1. The summed E-state index contributed by atoms with van der Waals surface area (Å²) in [5.41, 5.74) is 2.23. The van der Waals surface area contributed by atoms with E-state index in [0.717, 1.165) is 9.87 Å². The van der Waals surface area contributed by atoms with Crippen LogP contribution in [0.2, 0.25) is 0 Å². The van der Waals surface area contributed by atoms with Crippen LogP contribution in [0.3, 0.4) is 0 Å². The van der Waals surface area contributed by atoms with E-state index in [2.05, 4.69) is 15.4 Å². The van der Waals surface area contributed by atoms with Gasteiger partial charge >= 0.3 is 5.97 Å². The maximum absolute atomic E-state index is 12.6. The van der Waals surface area contributed by atoms with Gasteiger partial charge < -0.3 is 15.4 Å². The number of nitrogens with one attached hydrogen (secondary N) is 2. The van der Waals surface area contributed by atoms with Gasteiger partial charge in [-0.05, 0) is 55.8 Å². The van der Waals surface area contributed by atoms with Crippen LogP contribution in [-0.4, -0.2) is 51.8 Å². The smallest absolute Gasteiger partial charge is 0.337 e. The van der Waals surface area contributed by atoms with Gasteiger partial charge in [0, 0.05) is 25.5 Å². The van der Waals surface area contributed by atoms with Crippen molar-refractivity contribution in [3.8, 4) is 0 Å². The summed E-state index contributed by atoms with van der Waals surface area (Å²) >= 11 is 0. The summed E-state index contributed by atoms with van der Waals surface area (Å²) in [5, 5.41) is 5.80. The van der Waals surface area contributed by atoms with Crippen molar-refractivity contribution in [1.29, 1.82) is 0 Å². The van der Waals surface area contributed by atoms with Crippen molar-refractivity contribution in [2.45, 2.75) is 24.8 Å². The first kappa shape index (κ1) is 22.4. The second kappa shape index (κ2) is 9.06. The Morgan fingerprint density at radius 1 is 1.07 bits per heavy atom. The predicted octanol–water partition coefficient (Wildman–Crippen LogP) is 2.47. The Kier molecular flexibility index (Phi) is 6.99. The molecule has 9 heteroatoms. The van der Waals surface area contributed by atoms with Crippen molar-refractivity contribution in [1.82, 2.24) is 4.31 Å². The van der Waals surface area contributed by atoms with Gasteiger partial charge in [0.2, 0.25) is 15.9 Å². The molecule has 0 aliphatic heterocycles. The monoisotopic (exact) mass is 419 g/mol. The lowest BCUT2D eigenvalue weighted by atomic mass is 10.1. The van der Waals surface area contributed by atoms with Crippen molar-refractivity contribution in [2.75, 3.05) is 31.8 Å². The van der Waals surface area contributed by atoms with Gasteiger partial charge in [0.1, 0.15) is 6.04 Å². The van der Waals surface area contributed by atoms with Crippen molar-refractivity contribution >= 4 is 33.3 Å². The fourth-order valence-electron chi connectivity index (χ4n) is 2.48. The van der Waals surface area contributed by atoms with Gasteiger partial charge in [-0.3, -0.25) is 4.79 Å². The molecule has 2 aromatic carbocycles. The van der Waals surface area contributed by atoms with Gasteiger partial charge in [0.15, 0.2) is 0 Å². The average Bonchev–Trinajstić information content (AvgIpc) is 2.69. The van der Waals surface area contributed by atoms with Crippen LogP contribution in [0.4, 0.5) is 11.4 Å². The fraction of sp³-hybridized carbons (Fsp3) is 0.300. The SMILES string of the molecule is COC(=O)c1ccc(N[C@@H](C)C(=O)Nc2cc(S(=O)(=O)N(C)C)ccc2C)cc1. The maximum atomic E-state index is 12.6. The molecule has 0 aromatic heterocycles. The fourth-order valence-corrected chi connectivity index (χ4v) is 3.41.